The number of hydrogen-bond acceptors (Lipinski definition) is 6. The van der Waals surface area contributed by atoms with Gasteiger partial charge in [0.25, 0.3) is 0 Å². The predicted octanol–water partition coefficient (Wildman–Crippen LogP) is 6.90. The number of hydrogen-bond donors (Lipinski definition) is 6. The summed E-state index contributed by atoms with van der Waals surface area (Å²) in [5.41, 5.74) is 6.77. The van der Waals surface area contributed by atoms with Gasteiger partial charge < -0.3 is 30.6 Å². The molecule has 202 valence electrons. The number of benzene rings is 5. The molecule has 6 heteroatoms. The minimum absolute atomic E-state index is 0.173. The summed E-state index contributed by atoms with van der Waals surface area (Å²) in [6.07, 6.45) is 0. The highest BCUT2D eigenvalue weighted by atomic mass is 16.3. The average Bonchev–Trinajstić information content (AvgIpc) is 2.93. The first-order valence-electron chi connectivity index (χ1n) is 12.8. The Morgan fingerprint density at radius 1 is 0.375 bits per heavy atom. The number of phenolic OH excluding ortho intramolecular Hbond substituents is 6. The largest absolute Gasteiger partial charge is 0.508 e. The Morgan fingerprint density at radius 2 is 0.650 bits per heavy atom. The number of rotatable bonds is 6. The smallest absolute Gasteiger partial charge is 0.157 e. The zero-order valence-electron chi connectivity index (χ0n) is 22.1. The lowest BCUT2D eigenvalue weighted by molar-refractivity contribution is 0.401. The molecule has 0 radical (unpaired) electrons. The molecule has 0 saturated carbocycles. The summed E-state index contributed by atoms with van der Waals surface area (Å²) in [6, 6.07) is 28.1. The zero-order chi connectivity index (χ0) is 28.6. The number of phenols is 6. The molecular weight excluding hydrogens is 504 g/mol. The Balaban J connectivity index is 1.66. The predicted molar refractivity (Wildman–Crippen MR) is 154 cm³/mol. The maximum atomic E-state index is 10.4. The quantitative estimate of drug-likeness (QED) is 0.104. The summed E-state index contributed by atoms with van der Waals surface area (Å²) >= 11 is 0. The Kier molecular flexibility index (Phi) is 7.01. The monoisotopic (exact) mass is 534 g/mol. The first-order valence-corrected chi connectivity index (χ1v) is 12.8. The minimum atomic E-state index is -0.423. The van der Waals surface area contributed by atoms with Crippen molar-refractivity contribution >= 4 is 0 Å². The van der Waals surface area contributed by atoms with E-state index in [0.29, 0.717) is 0 Å². The van der Waals surface area contributed by atoms with Crippen LogP contribution in [0.15, 0.2) is 97.1 Å². The molecule has 0 atom stereocenters. The molecule has 0 heterocycles. The van der Waals surface area contributed by atoms with Crippen LogP contribution >= 0.6 is 0 Å². The minimum Gasteiger partial charge on any atom is -0.508 e. The maximum Gasteiger partial charge on any atom is 0.157 e. The lowest BCUT2D eigenvalue weighted by Crippen LogP contribution is -2.08. The molecule has 0 amide bonds. The van der Waals surface area contributed by atoms with Crippen molar-refractivity contribution in [3.8, 4) is 34.5 Å². The van der Waals surface area contributed by atoms with Crippen molar-refractivity contribution in [3.05, 3.63) is 142 Å². The summed E-state index contributed by atoms with van der Waals surface area (Å²) in [5, 5.41) is 60.6. The third-order valence-electron chi connectivity index (χ3n) is 7.40. The lowest BCUT2D eigenvalue weighted by atomic mass is 9.79. The van der Waals surface area contributed by atoms with Gasteiger partial charge in [0.2, 0.25) is 0 Å². The molecule has 6 nitrogen and oxygen atoms in total. The molecular formula is C34H30O6. The highest BCUT2D eigenvalue weighted by Crippen LogP contribution is 2.43. The van der Waals surface area contributed by atoms with Crippen LogP contribution in [-0.2, 0) is 0 Å². The van der Waals surface area contributed by atoms with Gasteiger partial charge in [0.15, 0.2) is 23.0 Å². The Bertz CT molecular complexity index is 1550. The zero-order valence-corrected chi connectivity index (χ0v) is 22.1. The van der Waals surface area contributed by atoms with Crippen molar-refractivity contribution in [2.75, 3.05) is 0 Å². The highest BCUT2D eigenvalue weighted by Gasteiger charge is 2.25. The van der Waals surface area contributed by atoms with Gasteiger partial charge in [0.1, 0.15) is 11.5 Å². The molecule has 0 saturated heterocycles. The van der Waals surface area contributed by atoms with Crippen LogP contribution in [0.5, 0.6) is 34.5 Å². The molecule has 0 fully saturated rings. The van der Waals surface area contributed by atoms with Gasteiger partial charge in [-0.3, -0.25) is 0 Å². The van der Waals surface area contributed by atoms with Gasteiger partial charge in [0, 0.05) is 11.8 Å². The van der Waals surface area contributed by atoms with Crippen LogP contribution < -0.4 is 0 Å². The standard InChI is InChI=1S/C34H30O6/c1-19-15-29(37)31(39)17-27(19)34(28-18-32(40)30(38)16-20(28)2)24-5-3-21(4-6-24)33(22-7-11-25(35)12-8-22)23-9-13-26(36)14-10-23/h3-18,33-40H,1-2H3. The maximum absolute atomic E-state index is 10.4. The van der Waals surface area contributed by atoms with Crippen LogP contribution in [0.1, 0.15) is 56.3 Å². The van der Waals surface area contributed by atoms with Crippen molar-refractivity contribution in [2.45, 2.75) is 25.7 Å². The van der Waals surface area contributed by atoms with E-state index < -0.39 is 5.92 Å². The normalized spacial score (nSPS) is 11.3. The molecule has 40 heavy (non-hydrogen) atoms. The second kappa shape index (κ2) is 10.6. The molecule has 0 unspecified atom stereocenters. The van der Waals surface area contributed by atoms with Gasteiger partial charge in [-0.1, -0.05) is 48.5 Å². The van der Waals surface area contributed by atoms with Gasteiger partial charge in [-0.15, -0.1) is 0 Å². The summed E-state index contributed by atoms with van der Waals surface area (Å²) in [7, 11) is 0. The van der Waals surface area contributed by atoms with Gasteiger partial charge in [-0.05, 0) is 107 Å². The van der Waals surface area contributed by atoms with Crippen molar-refractivity contribution in [1.29, 1.82) is 0 Å². The van der Waals surface area contributed by atoms with Crippen molar-refractivity contribution in [1.82, 2.24) is 0 Å². The molecule has 6 N–H and O–H groups in total. The van der Waals surface area contributed by atoms with Gasteiger partial charge in [-0.2, -0.15) is 0 Å². The fourth-order valence-corrected chi connectivity index (χ4v) is 5.34. The highest BCUT2D eigenvalue weighted by molar-refractivity contribution is 5.57. The molecule has 0 aliphatic heterocycles. The fourth-order valence-electron chi connectivity index (χ4n) is 5.34. The number of aryl methyl sites for hydroxylation is 2. The first-order chi connectivity index (χ1) is 19.1. The van der Waals surface area contributed by atoms with Crippen LogP contribution in [0.3, 0.4) is 0 Å². The second-order valence-electron chi connectivity index (χ2n) is 10.1. The summed E-state index contributed by atoms with van der Waals surface area (Å²) in [4.78, 5) is 0. The van der Waals surface area contributed by atoms with E-state index in [-0.39, 0.29) is 40.4 Å². The Hall–Kier alpha value is -5.10. The Morgan fingerprint density at radius 3 is 1.00 bits per heavy atom. The van der Waals surface area contributed by atoms with E-state index in [1.54, 1.807) is 24.3 Å². The molecule has 0 aromatic heterocycles. The van der Waals surface area contributed by atoms with E-state index in [2.05, 4.69) is 0 Å². The van der Waals surface area contributed by atoms with Crippen LogP contribution in [0, 0.1) is 13.8 Å². The molecule has 0 aliphatic rings. The van der Waals surface area contributed by atoms with Gasteiger partial charge >= 0.3 is 0 Å². The lowest BCUT2D eigenvalue weighted by Gasteiger charge is -2.25. The third kappa shape index (κ3) is 5.12. The fraction of sp³-hybridized carbons (Fsp3) is 0.118. The van der Waals surface area contributed by atoms with Crippen LogP contribution in [0.25, 0.3) is 0 Å². The van der Waals surface area contributed by atoms with E-state index in [0.717, 1.165) is 44.5 Å². The van der Waals surface area contributed by atoms with Crippen LogP contribution in [-0.4, -0.2) is 30.6 Å². The molecule has 0 spiro atoms. The van der Waals surface area contributed by atoms with Gasteiger partial charge in [-0.25, -0.2) is 0 Å². The molecule has 5 rings (SSSR count). The molecule has 0 aliphatic carbocycles. The van der Waals surface area contributed by atoms with Crippen molar-refractivity contribution in [3.63, 3.8) is 0 Å². The third-order valence-corrected chi connectivity index (χ3v) is 7.40. The summed E-state index contributed by atoms with van der Waals surface area (Å²) in [6.45, 7) is 3.69. The first kappa shape index (κ1) is 26.5. The van der Waals surface area contributed by atoms with Crippen LogP contribution in [0.2, 0.25) is 0 Å². The van der Waals surface area contributed by atoms with E-state index in [9.17, 15) is 30.6 Å². The Labute approximate surface area is 232 Å². The summed E-state index contributed by atoms with van der Waals surface area (Å²) < 4.78 is 0. The number of aromatic hydroxyl groups is 6. The van der Waals surface area contributed by atoms with E-state index in [4.69, 9.17) is 0 Å². The SMILES string of the molecule is Cc1cc(O)c(O)cc1C(c1ccc(C(c2ccc(O)cc2)c2ccc(O)cc2)cc1)c1cc(O)c(O)cc1C. The van der Waals surface area contributed by atoms with Crippen LogP contribution in [0.4, 0.5) is 0 Å². The van der Waals surface area contributed by atoms with Gasteiger partial charge in [0.05, 0.1) is 0 Å². The van der Waals surface area contributed by atoms with E-state index in [1.165, 1.54) is 24.3 Å². The molecule has 5 aromatic rings. The van der Waals surface area contributed by atoms with E-state index >= 15 is 0 Å². The van der Waals surface area contributed by atoms with Crippen molar-refractivity contribution < 1.29 is 30.6 Å². The topological polar surface area (TPSA) is 121 Å². The second-order valence-corrected chi connectivity index (χ2v) is 10.1. The molecule has 0 bridgehead atoms. The van der Waals surface area contributed by atoms with Crippen molar-refractivity contribution in [2.24, 2.45) is 0 Å². The molecule has 5 aromatic carbocycles. The van der Waals surface area contributed by atoms with E-state index in [1.807, 2.05) is 62.4 Å². The average molecular weight is 535 g/mol. The summed E-state index contributed by atoms with van der Waals surface area (Å²) in [5.74, 6) is -1.18.